The standard InChI is InChI=1S/C10H11N3O3S/c1-2-3-13(5-9(14)15)10(16)7-6-17-8(4-11)12-7/h1,6H,3-5,11H2,(H,14,15). The molecule has 7 heteroatoms. The van der Waals surface area contributed by atoms with E-state index < -0.39 is 18.4 Å². The smallest absolute Gasteiger partial charge is 0.323 e. The number of carboxylic acid groups (broad SMARTS) is 1. The number of amides is 1. The van der Waals surface area contributed by atoms with Crippen LogP contribution in [0, 0.1) is 12.3 Å². The number of aliphatic carboxylic acids is 1. The van der Waals surface area contributed by atoms with Gasteiger partial charge in [0.2, 0.25) is 0 Å². The highest BCUT2D eigenvalue weighted by atomic mass is 32.1. The fourth-order valence-corrected chi connectivity index (χ4v) is 1.79. The zero-order valence-electron chi connectivity index (χ0n) is 8.92. The van der Waals surface area contributed by atoms with E-state index >= 15 is 0 Å². The topological polar surface area (TPSA) is 96.5 Å². The van der Waals surface area contributed by atoms with Gasteiger partial charge in [0.15, 0.2) is 0 Å². The van der Waals surface area contributed by atoms with E-state index in [1.54, 1.807) is 0 Å². The molecule has 17 heavy (non-hydrogen) atoms. The second-order valence-electron chi connectivity index (χ2n) is 3.09. The summed E-state index contributed by atoms with van der Waals surface area (Å²) < 4.78 is 0. The molecule has 0 aromatic carbocycles. The highest BCUT2D eigenvalue weighted by Gasteiger charge is 2.19. The molecule has 0 unspecified atom stereocenters. The number of hydrogen-bond acceptors (Lipinski definition) is 5. The fourth-order valence-electron chi connectivity index (χ4n) is 1.14. The molecular weight excluding hydrogens is 242 g/mol. The number of carbonyl (C=O) groups excluding carboxylic acids is 1. The molecule has 6 nitrogen and oxygen atoms in total. The van der Waals surface area contributed by atoms with Crippen molar-refractivity contribution in [2.45, 2.75) is 6.54 Å². The van der Waals surface area contributed by atoms with Crippen molar-refractivity contribution < 1.29 is 14.7 Å². The Bertz CT molecular complexity index is 464. The number of thiazole rings is 1. The SMILES string of the molecule is C#CCN(CC(=O)O)C(=O)c1csc(CN)n1. The minimum absolute atomic E-state index is 0.0688. The number of carboxylic acids is 1. The van der Waals surface area contributed by atoms with Crippen LogP contribution in [0.3, 0.4) is 0 Å². The van der Waals surface area contributed by atoms with Crippen LogP contribution in [0.15, 0.2) is 5.38 Å². The predicted molar refractivity (Wildman–Crippen MR) is 62.4 cm³/mol. The summed E-state index contributed by atoms with van der Waals surface area (Å²) in [4.78, 5) is 27.5. The summed E-state index contributed by atoms with van der Waals surface area (Å²) in [5.41, 5.74) is 5.55. The van der Waals surface area contributed by atoms with Gasteiger partial charge in [-0.1, -0.05) is 5.92 Å². The molecule has 0 saturated carbocycles. The Morgan fingerprint density at radius 3 is 2.82 bits per heavy atom. The van der Waals surface area contributed by atoms with Crippen LogP contribution < -0.4 is 5.73 Å². The van der Waals surface area contributed by atoms with Crippen molar-refractivity contribution >= 4 is 23.2 Å². The number of rotatable bonds is 5. The summed E-state index contributed by atoms with van der Waals surface area (Å²) in [6.07, 6.45) is 5.08. The van der Waals surface area contributed by atoms with Crippen LogP contribution in [0.4, 0.5) is 0 Å². The number of terminal acetylenes is 1. The van der Waals surface area contributed by atoms with Crippen molar-refractivity contribution in [2.75, 3.05) is 13.1 Å². The summed E-state index contributed by atoms with van der Waals surface area (Å²) >= 11 is 1.25. The molecule has 0 aliphatic heterocycles. The molecule has 1 aromatic rings. The number of nitrogens with zero attached hydrogens (tertiary/aromatic N) is 2. The normalized spacial score (nSPS) is 9.65. The monoisotopic (exact) mass is 253 g/mol. The third kappa shape index (κ3) is 3.55. The molecule has 0 aliphatic rings. The summed E-state index contributed by atoms with van der Waals surface area (Å²) in [5.74, 6) is 0.616. The van der Waals surface area contributed by atoms with Gasteiger partial charge in [0.1, 0.15) is 17.2 Å². The van der Waals surface area contributed by atoms with Crippen LogP contribution in [0.25, 0.3) is 0 Å². The molecule has 0 atom stereocenters. The summed E-state index contributed by atoms with van der Waals surface area (Å²) in [5, 5.41) is 10.8. The van der Waals surface area contributed by atoms with Crippen molar-refractivity contribution in [1.82, 2.24) is 9.88 Å². The zero-order chi connectivity index (χ0) is 12.8. The van der Waals surface area contributed by atoms with E-state index in [4.69, 9.17) is 17.3 Å². The number of aromatic nitrogens is 1. The van der Waals surface area contributed by atoms with Gasteiger partial charge in [-0.05, 0) is 0 Å². The van der Waals surface area contributed by atoms with Crippen molar-refractivity contribution in [2.24, 2.45) is 5.73 Å². The third-order valence-corrected chi connectivity index (χ3v) is 2.71. The van der Waals surface area contributed by atoms with E-state index in [9.17, 15) is 9.59 Å². The lowest BCUT2D eigenvalue weighted by atomic mass is 10.3. The number of nitrogens with two attached hydrogens (primary N) is 1. The van der Waals surface area contributed by atoms with E-state index in [1.165, 1.54) is 16.7 Å². The Kier molecular flexibility index (Phi) is 4.63. The van der Waals surface area contributed by atoms with Gasteiger partial charge in [-0.3, -0.25) is 9.59 Å². The highest BCUT2D eigenvalue weighted by Crippen LogP contribution is 2.11. The predicted octanol–water partition coefficient (Wildman–Crippen LogP) is -0.238. The third-order valence-electron chi connectivity index (χ3n) is 1.84. The first kappa shape index (κ1) is 13.2. The van der Waals surface area contributed by atoms with E-state index in [0.29, 0.717) is 5.01 Å². The molecule has 0 aliphatic carbocycles. The largest absolute Gasteiger partial charge is 0.480 e. The van der Waals surface area contributed by atoms with Gasteiger partial charge < -0.3 is 15.7 Å². The molecular formula is C10H11N3O3S. The molecule has 0 bridgehead atoms. The fraction of sp³-hybridized carbons (Fsp3) is 0.300. The lowest BCUT2D eigenvalue weighted by Crippen LogP contribution is -2.36. The maximum Gasteiger partial charge on any atom is 0.323 e. The average molecular weight is 253 g/mol. The molecule has 90 valence electrons. The van der Waals surface area contributed by atoms with Crippen LogP contribution >= 0.6 is 11.3 Å². The minimum Gasteiger partial charge on any atom is -0.480 e. The van der Waals surface area contributed by atoms with Gasteiger partial charge in [0.25, 0.3) is 5.91 Å². The maximum absolute atomic E-state index is 11.9. The Morgan fingerprint density at radius 2 is 2.35 bits per heavy atom. The molecule has 0 saturated heterocycles. The van der Waals surface area contributed by atoms with Crippen molar-refractivity contribution in [3.8, 4) is 12.3 Å². The van der Waals surface area contributed by atoms with Gasteiger partial charge in [0, 0.05) is 11.9 Å². The van der Waals surface area contributed by atoms with Gasteiger partial charge in [-0.25, -0.2) is 4.98 Å². The Hall–Kier alpha value is -1.91. The van der Waals surface area contributed by atoms with Crippen molar-refractivity contribution in [1.29, 1.82) is 0 Å². The van der Waals surface area contributed by atoms with Crippen LogP contribution in [-0.4, -0.2) is 40.0 Å². The first-order valence-corrected chi connectivity index (χ1v) is 5.55. The summed E-state index contributed by atoms with van der Waals surface area (Å²) in [6.45, 7) is -0.273. The summed E-state index contributed by atoms with van der Waals surface area (Å²) in [6, 6.07) is 0. The van der Waals surface area contributed by atoms with Gasteiger partial charge in [0.05, 0.1) is 6.54 Å². The second kappa shape index (κ2) is 5.98. The molecule has 3 N–H and O–H groups in total. The van der Waals surface area contributed by atoms with Crippen LogP contribution in [0.2, 0.25) is 0 Å². The number of carbonyl (C=O) groups is 2. The molecule has 0 fully saturated rings. The van der Waals surface area contributed by atoms with E-state index in [1.807, 2.05) is 0 Å². The van der Waals surface area contributed by atoms with Gasteiger partial charge in [-0.15, -0.1) is 17.8 Å². The highest BCUT2D eigenvalue weighted by molar-refractivity contribution is 7.09. The van der Waals surface area contributed by atoms with Gasteiger partial charge in [-0.2, -0.15) is 0 Å². The molecule has 1 rings (SSSR count). The van der Waals surface area contributed by atoms with Gasteiger partial charge >= 0.3 is 5.97 Å². The maximum atomic E-state index is 11.9. The first-order valence-electron chi connectivity index (χ1n) is 4.67. The summed E-state index contributed by atoms with van der Waals surface area (Å²) in [7, 11) is 0. The Morgan fingerprint density at radius 1 is 1.65 bits per heavy atom. The number of hydrogen-bond donors (Lipinski definition) is 2. The van der Waals surface area contributed by atoms with Crippen molar-refractivity contribution in [3.63, 3.8) is 0 Å². The lowest BCUT2D eigenvalue weighted by Gasteiger charge is -2.16. The van der Waals surface area contributed by atoms with E-state index in [2.05, 4.69) is 10.9 Å². The second-order valence-corrected chi connectivity index (χ2v) is 4.03. The minimum atomic E-state index is -1.12. The van der Waals surface area contributed by atoms with Crippen LogP contribution in [-0.2, 0) is 11.3 Å². The Labute approximate surface area is 102 Å². The average Bonchev–Trinajstić information content (AvgIpc) is 2.75. The molecule has 1 heterocycles. The molecule has 1 amide bonds. The van der Waals surface area contributed by atoms with E-state index in [-0.39, 0.29) is 18.8 Å². The Balaban J connectivity index is 2.83. The van der Waals surface area contributed by atoms with Crippen LogP contribution in [0.5, 0.6) is 0 Å². The first-order chi connectivity index (χ1) is 8.08. The quantitative estimate of drug-likeness (QED) is 0.706. The molecule has 1 aromatic heterocycles. The van der Waals surface area contributed by atoms with E-state index in [0.717, 1.165) is 4.90 Å². The zero-order valence-corrected chi connectivity index (χ0v) is 9.74. The molecule has 0 radical (unpaired) electrons. The lowest BCUT2D eigenvalue weighted by molar-refractivity contribution is -0.137. The van der Waals surface area contributed by atoms with Crippen LogP contribution in [0.1, 0.15) is 15.5 Å². The molecule has 0 spiro atoms. The van der Waals surface area contributed by atoms with Crippen molar-refractivity contribution in [3.05, 3.63) is 16.1 Å².